The average molecular weight is 362 g/mol. The zero-order chi connectivity index (χ0) is 17.8. The van der Waals surface area contributed by atoms with Gasteiger partial charge >= 0.3 is 0 Å². The second-order valence-corrected chi connectivity index (χ2v) is 6.93. The molecule has 4 rings (SSSR count). The molecule has 130 valence electrons. The van der Waals surface area contributed by atoms with Crippen LogP contribution in [0.25, 0.3) is 21.3 Å². The number of aromatic nitrogens is 4. The van der Waals surface area contributed by atoms with Gasteiger partial charge in [-0.15, -0.1) is 10.2 Å². The molecule has 0 fully saturated rings. The van der Waals surface area contributed by atoms with Crippen molar-refractivity contribution in [2.45, 2.75) is 12.5 Å². The molecule has 0 aliphatic carbocycles. The first-order chi connectivity index (χ1) is 12.8. The maximum Gasteiger partial charge on any atom is 0.206 e. The van der Waals surface area contributed by atoms with E-state index in [1.165, 1.54) is 11.3 Å². The Balaban J connectivity index is 1.51. The van der Waals surface area contributed by atoms with E-state index in [-0.39, 0.29) is 6.04 Å². The minimum Gasteiger partial charge on any atom is -0.356 e. The molecule has 7 heteroatoms. The number of nitrogens with zero attached hydrogens (tertiary/aromatic N) is 4. The number of fused-ring (bicyclic) bond motifs is 1. The lowest BCUT2D eigenvalue weighted by Crippen LogP contribution is -2.31. The molecule has 0 aliphatic heterocycles. The summed E-state index contributed by atoms with van der Waals surface area (Å²) in [7, 11) is 0. The van der Waals surface area contributed by atoms with E-state index in [0.29, 0.717) is 6.54 Å². The zero-order valence-electron chi connectivity index (χ0n) is 14.0. The van der Waals surface area contributed by atoms with E-state index in [1.54, 1.807) is 12.4 Å². The predicted octanol–water partition coefficient (Wildman–Crippen LogP) is 3.13. The van der Waals surface area contributed by atoms with Crippen LogP contribution in [0.1, 0.15) is 5.69 Å². The van der Waals surface area contributed by atoms with Crippen LogP contribution in [-0.4, -0.2) is 32.8 Å². The highest BCUT2D eigenvalue weighted by atomic mass is 32.1. The molecule has 6 nitrogen and oxygen atoms in total. The molecular weight excluding hydrogens is 344 g/mol. The summed E-state index contributed by atoms with van der Waals surface area (Å²) >= 11 is 1.52. The molecule has 3 N–H and O–H groups in total. The second-order valence-electron chi connectivity index (χ2n) is 5.95. The third kappa shape index (κ3) is 3.68. The number of benzene rings is 1. The SMILES string of the molecule is NC[C@H](Cc1ccccn1)Nc1nnc(-c2ccc3cnccc3c2)s1. The summed E-state index contributed by atoms with van der Waals surface area (Å²) in [5, 5.41) is 15.9. The third-order valence-electron chi connectivity index (χ3n) is 4.11. The summed E-state index contributed by atoms with van der Waals surface area (Å²) in [5.74, 6) is 0. The lowest BCUT2D eigenvalue weighted by atomic mass is 10.1. The van der Waals surface area contributed by atoms with Gasteiger partial charge < -0.3 is 11.1 Å². The van der Waals surface area contributed by atoms with Crippen LogP contribution in [0, 0.1) is 0 Å². The van der Waals surface area contributed by atoms with Crippen molar-refractivity contribution in [3.63, 3.8) is 0 Å². The Bertz CT molecular complexity index is 1000. The molecule has 1 atom stereocenters. The van der Waals surface area contributed by atoms with Gasteiger partial charge in [0.25, 0.3) is 0 Å². The van der Waals surface area contributed by atoms with Gasteiger partial charge in [0, 0.05) is 54.2 Å². The smallest absolute Gasteiger partial charge is 0.206 e. The van der Waals surface area contributed by atoms with Crippen LogP contribution in [0.3, 0.4) is 0 Å². The summed E-state index contributed by atoms with van der Waals surface area (Å²) in [6, 6.07) is 14.2. The largest absolute Gasteiger partial charge is 0.356 e. The predicted molar refractivity (Wildman–Crippen MR) is 105 cm³/mol. The summed E-state index contributed by atoms with van der Waals surface area (Å²) in [6.45, 7) is 0.495. The number of rotatable bonds is 6. The van der Waals surface area contributed by atoms with E-state index < -0.39 is 0 Å². The van der Waals surface area contributed by atoms with Crippen LogP contribution < -0.4 is 11.1 Å². The molecule has 3 heterocycles. The van der Waals surface area contributed by atoms with Crippen LogP contribution in [-0.2, 0) is 6.42 Å². The van der Waals surface area contributed by atoms with Gasteiger partial charge in [0.2, 0.25) is 5.13 Å². The number of nitrogens with two attached hydrogens (primary N) is 1. The molecule has 0 amide bonds. The average Bonchev–Trinajstić information content (AvgIpc) is 3.16. The first-order valence-electron chi connectivity index (χ1n) is 8.36. The summed E-state index contributed by atoms with van der Waals surface area (Å²) < 4.78 is 0. The van der Waals surface area contributed by atoms with E-state index >= 15 is 0 Å². The Morgan fingerprint density at radius 2 is 2.00 bits per heavy atom. The van der Waals surface area contributed by atoms with Crippen molar-refractivity contribution in [1.29, 1.82) is 0 Å². The molecule has 0 spiro atoms. The fourth-order valence-electron chi connectivity index (χ4n) is 2.75. The van der Waals surface area contributed by atoms with Gasteiger partial charge in [0.1, 0.15) is 5.01 Å². The van der Waals surface area contributed by atoms with E-state index in [0.717, 1.165) is 38.6 Å². The van der Waals surface area contributed by atoms with Crippen molar-refractivity contribution in [2.75, 3.05) is 11.9 Å². The molecule has 3 aromatic heterocycles. The lowest BCUT2D eigenvalue weighted by Gasteiger charge is -2.14. The zero-order valence-corrected chi connectivity index (χ0v) is 14.9. The standard InChI is InChI=1S/C19H18N6S/c20-11-17(10-16-3-1-2-7-22-16)23-19-25-24-18(26-19)14-4-5-15-12-21-8-6-13(15)9-14/h1-9,12,17H,10-11,20H2,(H,23,25)/t17-/m0/s1. The van der Waals surface area contributed by atoms with Gasteiger partial charge in [-0.1, -0.05) is 29.5 Å². The van der Waals surface area contributed by atoms with Crippen LogP contribution in [0.5, 0.6) is 0 Å². The molecule has 0 saturated heterocycles. The van der Waals surface area contributed by atoms with Gasteiger partial charge in [-0.05, 0) is 29.7 Å². The Morgan fingerprint density at radius 1 is 1.04 bits per heavy atom. The van der Waals surface area contributed by atoms with E-state index in [2.05, 4.69) is 37.6 Å². The van der Waals surface area contributed by atoms with Crippen molar-refractivity contribution < 1.29 is 0 Å². The normalized spacial score (nSPS) is 12.2. The maximum absolute atomic E-state index is 5.91. The topological polar surface area (TPSA) is 89.6 Å². The molecular formula is C19H18N6S. The highest BCUT2D eigenvalue weighted by Crippen LogP contribution is 2.29. The van der Waals surface area contributed by atoms with Gasteiger partial charge in [0.15, 0.2) is 0 Å². The number of anilines is 1. The Kier molecular flexibility index (Phi) is 4.81. The fourth-order valence-corrected chi connectivity index (χ4v) is 3.57. The van der Waals surface area contributed by atoms with Crippen LogP contribution in [0.4, 0.5) is 5.13 Å². The first kappa shape index (κ1) is 16.6. The van der Waals surface area contributed by atoms with Gasteiger partial charge in [0.05, 0.1) is 0 Å². The molecule has 0 saturated carbocycles. The molecule has 26 heavy (non-hydrogen) atoms. The van der Waals surface area contributed by atoms with E-state index in [9.17, 15) is 0 Å². The quantitative estimate of drug-likeness (QED) is 0.548. The highest BCUT2D eigenvalue weighted by Gasteiger charge is 2.13. The molecule has 1 aromatic carbocycles. The molecule has 0 aliphatic rings. The van der Waals surface area contributed by atoms with Gasteiger partial charge in [-0.2, -0.15) is 0 Å². The van der Waals surface area contributed by atoms with Crippen molar-refractivity contribution in [3.8, 4) is 10.6 Å². The van der Waals surface area contributed by atoms with E-state index in [4.69, 9.17) is 5.73 Å². The molecule has 0 unspecified atom stereocenters. The number of hydrogen-bond donors (Lipinski definition) is 2. The van der Waals surface area contributed by atoms with Crippen LogP contribution in [0.2, 0.25) is 0 Å². The second kappa shape index (κ2) is 7.55. The Labute approximate surface area is 155 Å². The van der Waals surface area contributed by atoms with Crippen LogP contribution >= 0.6 is 11.3 Å². The summed E-state index contributed by atoms with van der Waals surface area (Å²) in [6.07, 6.45) is 6.19. The first-order valence-corrected chi connectivity index (χ1v) is 9.17. The monoisotopic (exact) mass is 362 g/mol. The Morgan fingerprint density at radius 3 is 2.85 bits per heavy atom. The van der Waals surface area contributed by atoms with Gasteiger partial charge in [-0.25, -0.2) is 0 Å². The van der Waals surface area contributed by atoms with Crippen molar-refractivity contribution in [2.24, 2.45) is 5.73 Å². The number of nitrogens with one attached hydrogen (secondary N) is 1. The molecule has 4 aromatic rings. The maximum atomic E-state index is 5.91. The minimum atomic E-state index is 0.0633. The van der Waals surface area contributed by atoms with Crippen LogP contribution in [0.15, 0.2) is 61.1 Å². The third-order valence-corrected chi connectivity index (χ3v) is 5.01. The summed E-state index contributed by atoms with van der Waals surface area (Å²) in [5.41, 5.74) is 7.96. The minimum absolute atomic E-state index is 0.0633. The Hall–Kier alpha value is -2.90. The number of hydrogen-bond acceptors (Lipinski definition) is 7. The van der Waals surface area contributed by atoms with Crippen molar-refractivity contribution in [3.05, 3.63) is 66.7 Å². The highest BCUT2D eigenvalue weighted by molar-refractivity contribution is 7.18. The lowest BCUT2D eigenvalue weighted by molar-refractivity contribution is 0.708. The number of pyridine rings is 2. The molecule has 0 bridgehead atoms. The van der Waals surface area contributed by atoms with Gasteiger partial charge in [-0.3, -0.25) is 9.97 Å². The van der Waals surface area contributed by atoms with E-state index in [1.807, 2.05) is 36.5 Å². The molecule has 0 radical (unpaired) electrons. The van der Waals surface area contributed by atoms with Crippen molar-refractivity contribution >= 4 is 27.2 Å². The van der Waals surface area contributed by atoms with Crippen molar-refractivity contribution in [1.82, 2.24) is 20.2 Å². The summed E-state index contributed by atoms with van der Waals surface area (Å²) in [4.78, 5) is 8.50. The fraction of sp³-hybridized carbons (Fsp3) is 0.158.